The van der Waals surface area contributed by atoms with E-state index < -0.39 is 4.92 Å². The van der Waals surface area contributed by atoms with Crippen LogP contribution >= 0.6 is 0 Å². The summed E-state index contributed by atoms with van der Waals surface area (Å²) in [6.07, 6.45) is 0. The minimum atomic E-state index is -0.556. The molecule has 1 heterocycles. The van der Waals surface area contributed by atoms with Crippen LogP contribution in [0.4, 0.5) is 5.88 Å². The Hall–Kier alpha value is -2.82. The van der Waals surface area contributed by atoms with Crippen LogP contribution in [-0.2, 0) is 0 Å². The maximum atomic E-state index is 11.1. The van der Waals surface area contributed by atoms with Crippen molar-refractivity contribution in [2.24, 2.45) is 0 Å². The van der Waals surface area contributed by atoms with Crippen molar-refractivity contribution < 1.29 is 14.4 Å². The number of fused-ring (bicyclic) bond motifs is 1. The van der Waals surface area contributed by atoms with E-state index in [0.29, 0.717) is 22.1 Å². The lowest BCUT2D eigenvalue weighted by molar-refractivity contribution is -0.400. The molecule has 0 saturated heterocycles. The normalized spacial score (nSPS) is 10.7. The van der Waals surface area contributed by atoms with E-state index >= 15 is 0 Å². The molecule has 19 heavy (non-hydrogen) atoms. The minimum Gasteiger partial charge on any atom is -0.508 e. The number of aromatic hydroxyl groups is 1. The van der Waals surface area contributed by atoms with Gasteiger partial charge in [0, 0.05) is 11.5 Å². The third kappa shape index (κ3) is 1.81. The molecule has 1 aromatic heterocycles. The molecule has 1 N–H and O–H groups in total. The second-order valence-corrected chi connectivity index (χ2v) is 4.09. The molecule has 3 aromatic rings. The first-order chi connectivity index (χ1) is 9.16. The van der Waals surface area contributed by atoms with E-state index in [2.05, 4.69) is 0 Å². The van der Waals surface area contributed by atoms with Crippen LogP contribution in [0.25, 0.3) is 22.1 Å². The van der Waals surface area contributed by atoms with Gasteiger partial charge in [-0.05, 0) is 17.7 Å². The largest absolute Gasteiger partial charge is 0.508 e. The summed E-state index contributed by atoms with van der Waals surface area (Å²) >= 11 is 0. The maximum absolute atomic E-state index is 11.1. The first kappa shape index (κ1) is 11.3. The standard InChI is InChI=1S/C14H9NO4/c16-10-6-7-11-12(8-10)19-14(15(17)18)13(11)9-4-2-1-3-5-9/h1-8,16H. The Bertz CT molecular complexity index is 762. The summed E-state index contributed by atoms with van der Waals surface area (Å²) in [6, 6.07) is 13.5. The Morgan fingerprint density at radius 3 is 2.53 bits per heavy atom. The van der Waals surface area contributed by atoms with Gasteiger partial charge in [0.15, 0.2) is 0 Å². The summed E-state index contributed by atoms with van der Waals surface area (Å²) < 4.78 is 5.24. The van der Waals surface area contributed by atoms with Crippen LogP contribution in [0.5, 0.6) is 5.75 Å². The molecule has 0 bridgehead atoms. The fraction of sp³-hybridized carbons (Fsp3) is 0. The highest BCUT2D eigenvalue weighted by atomic mass is 16.6. The van der Waals surface area contributed by atoms with Gasteiger partial charge in [-0.25, -0.2) is 0 Å². The van der Waals surface area contributed by atoms with Crippen molar-refractivity contribution in [2.75, 3.05) is 0 Å². The second kappa shape index (κ2) is 4.13. The van der Waals surface area contributed by atoms with Gasteiger partial charge < -0.3 is 9.52 Å². The number of nitro groups is 1. The fourth-order valence-corrected chi connectivity index (χ4v) is 2.08. The van der Waals surface area contributed by atoms with Gasteiger partial charge in [-0.1, -0.05) is 30.3 Å². The van der Waals surface area contributed by atoms with Crippen LogP contribution in [0.1, 0.15) is 0 Å². The minimum absolute atomic E-state index is 0.00996. The van der Waals surface area contributed by atoms with E-state index in [1.807, 2.05) is 6.07 Å². The molecule has 0 atom stereocenters. The third-order valence-electron chi connectivity index (χ3n) is 2.88. The van der Waals surface area contributed by atoms with Crippen molar-refractivity contribution in [2.45, 2.75) is 0 Å². The molecule has 0 unspecified atom stereocenters. The van der Waals surface area contributed by atoms with Crippen molar-refractivity contribution in [1.82, 2.24) is 0 Å². The van der Waals surface area contributed by atoms with Crippen molar-refractivity contribution in [3.05, 3.63) is 58.6 Å². The molecule has 0 radical (unpaired) electrons. The lowest BCUT2D eigenvalue weighted by Gasteiger charge is -1.97. The van der Waals surface area contributed by atoms with Gasteiger partial charge in [-0.3, -0.25) is 10.1 Å². The number of hydrogen-bond acceptors (Lipinski definition) is 4. The highest BCUT2D eigenvalue weighted by molar-refractivity contribution is 5.99. The lowest BCUT2D eigenvalue weighted by atomic mass is 10.0. The molecule has 0 aliphatic rings. The molecule has 3 rings (SSSR count). The van der Waals surface area contributed by atoms with Gasteiger partial charge in [0.25, 0.3) is 0 Å². The van der Waals surface area contributed by atoms with Gasteiger partial charge in [-0.15, -0.1) is 0 Å². The molecule has 5 nitrogen and oxygen atoms in total. The third-order valence-corrected chi connectivity index (χ3v) is 2.88. The van der Waals surface area contributed by atoms with E-state index in [1.165, 1.54) is 12.1 Å². The number of nitrogens with zero attached hydrogens (tertiary/aromatic N) is 1. The number of phenolic OH excluding ortho intramolecular Hbond substituents is 1. The van der Waals surface area contributed by atoms with Crippen LogP contribution in [0.15, 0.2) is 52.9 Å². The monoisotopic (exact) mass is 255 g/mol. The topological polar surface area (TPSA) is 76.5 Å². The van der Waals surface area contributed by atoms with E-state index in [1.54, 1.807) is 30.3 Å². The van der Waals surface area contributed by atoms with E-state index in [0.717, 1.165) is 0 Å². The van der Waals surface area contributed by atoms with Gasteiger partial charge in [-0.2, -0.15) is 0 Å². The van der Waals surface area contributed by atoms with Crippen LogP contribution in [-0.4, -0.2) is 10.0 Å². The summed E-state index contributed by atoms with van der Waals surface area (Å²) in [5.41, 5.74) is 1.43. The molecule has 0 aliphatic carbocycles. The predicted octanol–water partition coefficient (Wildman–Crippen LogP) is 3.71. The predicted molar refractivity (Wildman–Crippen MR) is 70.0 cm³/mol. The summed E-state index contributed by atoms with van der Waals surface area (Å²) in [4.78, 5) is 10.5. The second-order valence-electron chi connectivity index (χ2n) is 4.09. The fourth-order valence-electron chi connectivity index (χ4n) is 2.08. The van der Waals surface area contributed by atoms with Gasteiger partial charge in [0.1, 0.15) is 21.8 Å². The number of hydrogen-bond donors (Lipinski definition) is 1. The van der Waals surface area contributed by atoms with E-state index in [9.17, 15) is 15.2 Å². The molecular formula is C14H9NO4. The van der Waals surface area contributed by atoms with Crippen LogP contribution < -0.4 is 0 Å². The molecule has 0 saturated carbocycles. The Morgan fingerprint density at radius 2 is 1.84 bits per heavy atom. The summed E-state index contributed by atoms with van der Waals surface area (Å²) in [5.74, 6) is -0.303. The molecule has 5 heteroatoms. The van der Waals surface area contributed by atoms with Crippen molar-refractivity contribution in [1.29, 1.82) is 0 Å². The van der Waals surface area contributed by atoms with Crippen molar-refractivity contribution in [3.63, 3.8) is 0 Å². The van der Waals surface area contributed by atoms with E-state index in [4.69, 9.17) is 4.42 Å². The number of rotatable bonds is 2. The van der Waals surface area contributed by atoms with Crippen molar-refractivity contribution >= 4 is 16.9 Å². The Balaban J connectivity index is 2.38. The molecule has 0 fully saturated rings. The molecule has 2 aromatic carbocycles. The van der Waals surface area contributed by atoms with Crippen LogP contribution in [0.3, 0.4) is 0 Å². The zero-order chi connectivity index (χ0) is 13.4. The first-order valence-electron chi connectivity index (χ1n) is 5.62. The van der Waals surface area contributed by atoms with Gasteiger partial charge in [0.2, 0.25) is 0 Å². The highest BCUT2D eigenvalue weighted by Crippen LogP contribution is 2.40. The average Bonchev–Trinajstić information content (AvgIpc) is 2.78. The smallest absolute Gasteiger partial charge is 0.442 e. The number of phenols is 1. The summed E-state index contributed by atoms with van der Waals surface area (Å²) in [6.45, 7) is 0. The SMILES string of the molecule is O=[N+]([O-])c1oc2cc(O)ccc2c1-c1ccccc1. The molecule has 0 spiro atoms. The number of furan rings is 1. The van der Waals surface area contributed by atoms with Crippen LogP contribution in [0.2, 0.25) is 0 Å². The van der Waals surface area contributed by atoms with Crippen molar-refractivity contribution in [3.8, 4) is 16.9 Å². The molecule has 0 amide bonds. The zero-order valence-corrected chi connectivity index (χ0v) is 9.74. The summed E-state index contributed by atoms with van der Waals surface area (Å²) in [7, 11) is 0. The maximum Gasteiger partial charge on any atom is 0.442 e. The zero-order valence-electron chi connectivity index (χ0n) is 9.74. The Kier molecular flexibility index (Phi) is 2.45. The Morgan fingerprint density at radius 1 is 1.11 bits per heavy atom. The molecule has 94 valence electrons. The molecular weight excluding hydrogens is 246 g/mol. The number of benzene rings is 2. The highest BCUT2D eigenvalue weighted by Gasteiger charge is 2.25. The van der Waals surface area contributed by atoms with Gasteiger partial charge >= 0.3 is 5.88 Å². The average molecular weight is 255 g/mol. The Labute approximate surface area is 107 Å². The summed E-state index contributed by atoms with van der Waals surface area (Å²) in [5, 5.41) is 21.1. The van der Waals surface area contributed by atoms with Gasteiger partial charge in [0.05, 0.1) is 0 Å². The van der Waals surface area contributed by atoms with E-state index in [-0.39, 0.29) is 11.6 Å². The van der Waals surface area contributed by atoms with Crippen LogP contribution in [0, 0.1) is 10.1 Å². The quantitative estimate of drug-likeness (QED) is 0.559. The molecule has 0 aliphatic heterocycles. The lowest BCUT2D eigenvalue weighted by Crippen LogP contribution is -1.87. The first-order valence-corrected chi connectivity index (χ1v) is 5.62.